The van der Waals surface area contributed by atoms with Gasteiger partial charge in [0.25, 0.3) is 0 Å². The topological polar surface area (TPSA) is 20.2 Å². The summed E-state index contributed by atoms with van der Waals surface area (Å²) in [6.07, 6.45) is 6.21. The van der Waals surface area contributed by atoms with E-state index in [-0.39, 0.29) is 6.61 Å². The van der Waals surface area contributed by atoms with Crippen LogP contribution in [-0.4, -0.2) is 11.7 Å². The number of hydrogen-bond donors (Lipinski definition) is 1. The molecule has 0 heterocycles. The molecule has 2 saturated carbocycles. The number of aliphatic hydroxyl groups excluding tert-OH is 1. The molecule has 0 amide bonds. The van der Waals surface area contributed by atoms with Gasteiger partial charge in [-0.15, -0.1) is 0 Å². The minimum absolute atomic E-state index is 0.250. The molecule has 0 radical (unpaired) electrons. The molecule has 2 bridgehead atoms. The Bertz CT molecular complexity index is 110. The molecular weight excluding hydrogens is 208 g/mol. The third-order valence-electron chi connectivity index (χ3n) is 3.09. The third kappa shape index (κ3) is 10.8. The van der Waals surface area contributed by atoms with Crippen molar-refractivity contribution in [3.63, 3.8) is 0 Å². The van der Waals surface area contributed by atoms with Crippen molar-refractivity contribution in [1.29, 1.82) is 0 Å². The normalized spacial score (nSPS) is 27.0. The number of aliphatic hydroxyl groups is 1. The van der Waals surface area contributed by atoms with Gasteiger partial charge in [-0.1, -0.05) is 54.9 Å². The van der Waals surface area contributed by atoms with E-state index in [0.717, 1.165) is 17.8 Å². The summed E-state index contributed by atoms with van der Waals surface area (Å²) in [5.74, 6) is 3.36. The summed E-state index contributed by atoms with van der Waals surface area (Å²) in [6.45, 7) is 16.4. The minimum Gasteiger partial charge on any atom is -0.397 e. The predicted octanol–water partition coefficient (Wildman–Crippen LogP) is 5.52. The first kappa shape index (κ1) is 22.2. The van der Waals surface area contributed by atoms with E-state index in [1.165, 1.54) is 0 Å². The summed E-state index contributed by atoms with van der Waals surface area (Å²) in [5.41, 5.74) is 0. The molecule has 2 aliphatic rings. The van der Waals surface area contributed by atoms with Crippen LogP contribution in [0.3, 0.4) is 0 Å². The van der Waals surface area contributed by atoms with E-state index in [9.17, 15) is 0 Å². The Hall–Kier alpha value is -0.0400. The Labute approximate surface area is 111 Å². The average molecular weight is 246 g/mol. The van der Waals surface area contributed by atoms with Gasteiger partial charge < -0.3 is 5.11 Å². The molecule has 17 heavy (non-hydrogen) atoms. The lowest BCUT2D eigenvalue weighted by atomic mass is 9.91. The van der Waals surface area contributed by atoms with Gasteiger partial charge in [0.2, 0.25) is 0 Å². The molecule has 108 valence electrons. The number of fused-ring (bicyclic) bond motifs is 2. The molecule has 0 aromatic heterocycles. The van der Waals surface area contributed by atoms with E-state index in [2.05, 4.69) is 6.92 Å². The molecule has 0 saturated heterocycles. The fourth-order valence-corrected chi connectivity index (χ4v) is 2.56. The Morgan fingerprint density at radius 2 is 1.29 bits per heavy atom. The van der Waals surface area contributed by atoms with E-state index in [0.29, 0.717) is 0 Å². The summed E-state index contributed by atoms with van der Waals surface area (Å²) in [5, 5.41) is 7.57. The van der Waals surface area contributed by atoms with Crippen LogP contribution in [0.1, 0.15) is 81.1 Å². The maximum atomic E-state index is 7.57. The maximum absolute atomic E-state index is 7.57. The van der Waals surface area contributed by atoms with Crippen LogP contribution >= 0.6 is 0 Å². The lowest BCUT2D eigenvalue weighted by molar-refractivity contribution is 0.318. The molecule has 0 aromatic rings. The zero-order chi connectivity index (χ0) is 14.3. The van der Waals surface area contributed by atoms with Crippen LogP contribution in [0.15, 0.2) is 0 Å². The summed E-state index contributed by atoms with van der Waals surface area (Å²) in [7, 11) is 0. The van der Waals surface area contributed by atoms with Crippen molar-refractivity contribution in [2.75, 3.05) is 6.61 Å². The Morgan fingerprint density at radius 1 is 0.882 bits per heavy atom. The molecule has 1 heteroatoms. The van der Waals surface area contributed by atoms with E-state index in [4.69, 9.17) is 5.11 Å². The quantitative estimate of drug-likeness (QED) is 0.596. The number of rotatable bonds is 0. The molecule has 0 spiro atoms. The van der Waals surface area contributed by atoms with Gasteiger partial charge in [0.05, 0.1) is 0 Å². The molecule has 2 aliphatic carbocycles. The molecule has 2 rings (SSSR count). The second-order valence-corrected chi connectivity index (χ2v) is 3.97. The Balaban J connectivity index is -0.000000188. The van der Waals surface area contributed by atoms with Crippen LogP contribution < -0.4 is 0 Å². The van der Waals surface area contributed by atoms with Crippen molar-refractivity contribution in [3.8, 4) is 0 Å². The zero-order valence-electron chi connectivity index (χ0n) is 13.7. The van der Waals surface area contributed by atoms with Gasteiger partial charge >= 0.3 is 0 Å². The lowest BCUT2D eigenvalue weighted by Gasteiger charge is -2.15. The largest absolute Gasteiger partial charge is 0.397 e. The monoisotopic (exact) mass is 246 g/mol. The Kier molecular flexibility index (Phi) is 23.9. The highest BCUT2D eigenvalue weighted by atomic mass is 16.2. The van der Waals surface area contributed by atoms with Crippen LogP contribution in [0.4, 0.5) is 0 Å². The van der Waals surface area contributed by atoms with Crippen LogP contribution in [0.5, 0.6) is 0 Å². The summed E-state index contributed by atoms with van der Waals surface area (Å²) < 4.78 is 0. The molecule has 0 aliphatic heterocycles. The van der Waals surface area contributed by atoms with Gasteiger partial charge in [-0.25, -0.2) is 0 Å². The third-order valence-corrected chi connectivity index (χ3v) is 3.09. The average Bonchev–Trinajstić information content (AvgIpc) is 2.99. The minimum atomic E-state index is 0.250. The fraction of sp³-hybridized carbons (Fsp3) is 1.00. The van der Waals surface area contributed by atoms with Crippen molar-refractivity contribution in [3.05, 3.63) is 0 Å². The first-order valence-electron chi connectivity index (χ1n) is 7.88. The summed E-state index contributed by atoms with van der Waals surface area (Å²) in [4.78, 5) is 0. The Morgan fingerprint density at radius 3 is 1.41 bits per heavy atom. The van der Waals surface area contributed by atoms with Gasteiger partial charge in [-0.05, 0) is 43.9 Å². The van der Waals surface area contributed by atoms with Gasteiger partial charge in [-0.3, -0.25) is 0 Å². The van der Waals surface area contributed by atoms with E-state index < -0.39 is 0 Å². The van der Waals surface area contributed by atoms with Crippen molar-refractivity contribution < 1.29 is 5.11 Å². The first-order chi connectivity index (χ1) is 8.27. The molecule has 3 atom stereocenters. The van der Waals surface area contributed by atoms with E-state index in [1.807, 2.05) is 41.5 Å². The lowest BCUT2D eigenvalue weighted by Crippen LogP contribution is -2.04. The van der Waals surface area contributed by atoms with Gasteiger partial charge in [0.15, 0.2) is 0 Å². The second-order valence-electron chi connectivity index (χ2n) is 3.97. The number of hydrogen-bond acceptors (Lipinski definition) is 1. The van der Waals surface area contributed by atoms with Gasteiger partial charge in [0, 0.05) is 6.61 Å². The highest BCUT2D eigenvalue weighted by Gasteiger charge is 2.36. The maximum Gasteiger partial charge on any atom is 0.0402 e. The highest BCUT2D eigenvalue weighted by molar-refractivity contribution is 4.87. The fourth-order valence-electron chi connectivity index (χ4n) is 2.56. The van der Waals surface area contributed by atoms with Gasteiger partial charge in [0.1, 0.15) is 0 Å². The molecular formula is C16H38O. The molecule has 2 fully saturated rings. The van der Waals surface area contributed by atoms with E-state index in [1.54, 1.807) is 32.6 Å². The van der Waals surface area contributed by atoms with Crippen LogP contribution in [-0.2, 0) is 0 Å². The second kappa shape index (κ2) is 18.3. The summed E-state index contributed by atoms with van der Waals surface area (Å²) in [6, 6.07) is 0. The molecule has 1 N–H and O–H groups in total. The summed E-state index contributed by atoms with van der Waals surface area (Å²) >= 11 is 0. The van der Waals surface area contributed by atoms with Crippen molar-refractivity contribution in [2.45, 2.75) is 81.1 Å². The highest BCUT2D eigenvalue weighted by Crippen LogP contribution is 2.47. The molecule has 0 aromatic carbocycles. The van der Waals surface area contributed by atoms with Crippen molar-refractivity contribution in [1.82, 2.24) is 0 Å². The molecule has 3 unspecified atom stereocenters. The molecule has 1 nitrogen and oxygen atoms in total. The van der Waals surface area contributed by atoms with Crippen LogP contribution in [0.25, 0.3) is 0 Å². The van der Waals surface area contributed by atoms with Crippen LogP contribution in [0.2, 0.25) is 0 Å². The smallest absolute Gasteiger partial charge is 0.0402 e. The first-order valence-corrected chi connectivity index (χ1v) is 7.88. The SMILES string of the molecule is CC.CC.CC.CC1CC2CCC1C2.CCO. The zero-order valence-corrected chi connectivity index (χ0v) is 13.7. The predicted molar refractivity (Wildman–Crippen MR) is 81.4 cm³/mol. The van der Waals surface area contributed by atoms with Gasteiger partial charge in [-0.2, -0.15) is 0 Å². The van der Waals surface area contributed by atoms with Crippen LogP contribution in [0, 0.1) is 17.8 Å². The van der Waals surface area contributed by atoms with Crippen molar-refractivity contribution in [2.24, 2.45) is 17.8 Å². The standard InChI is InChI=1S/C8H14.C2H6O.3C2H6/c1-6-4-7-2-3-8(6)5-7;1-2-3;3*1-2/h6-8H,2-5H2,1H3;3H,2H2,1H3;3*1-2H3. The van der Waals surface area contributed by atoms with Crippen molar-refractivity contribution >= 4 is 0 Å². The van der Waals surface area contributed by atoms with E-state index >= 15 is 0 Å².